The lowest BCUT2D eigenvalue weighted by molar-refractivity contribution is -0.136. The first kappa shape index (κ1) is 22.2. The molecule has 0 fully saturated rings. The Morgan fingerprint density at radius 3 is 2.34 bits per heavy atom. The van der Waals surface area contributed by atoms with Crippen molar-refractivity contribution in [2.24, 2.45) is 5.10 Å². The van der Waals surface area contributed by atoms with Gasteiger partial charge in [-0.05, 0) is 43.3 Å². The van der Waals surface area contributed by atoms with Crippen molar-refractivity contribution in [3.8, 4) is 11.5 Å². The van der Waals surface area contributed by atoms with Crippen LogP contribution in [0.4, 0.5) is 5.69 Å². The van der Waals surface area contributed by atoms with Gasteiger partial charge in [-0.1, -0.05) is 42.0 Å². The minimum atomic E-state index is -0.971. The van der Waals surface area contributed by atoms with Crippen LogP contribution >= 0.6 is 0 Å². The van der Waals surface area contributed by atoms with E-state index in [9.17, 15) is 14.4 Å². The molecular formula is C24H21N3O5. The maximum Gasteiger partial charge on any atom is 0.343 e. The van der Waals surface area contributed by atoms with E-state index in [0.29, 0.717) is 22.6 Å². The molecule has 0 aliphatic heterocycles. The van der Waals surface area contributed by atoms with Crippen molar-refractivity contribution in [1.29, 1.82) is 0 Å². The van der Waals surface area contributed by atoms with Crippen molar-refractivity contribution in [1.82, 2.24) is 5.43 Å². The van der Waals surface area contributed by atoms with E-state index in [0.717, 1.165) is 5.56 Å². The number of benzene rings is 3. The second-order valence-corrected chi connectivity index (χ2v) is 6.65. The van der Waals surface area contributed by atoms with Gasteiger partial charge in [-0.25, -0.2) is 10.2 Å². The van der Waals surface area contributed by atoms with Crippen molar-refractivity contribution >= 4 is 29.7 Å². The van der Waals surface area contributed by atoms with Gasteiger partial charge in [0, 0.05) is 5.56 Å². The molecule has 0 aliphatic carbocycles. The van der Waals surface area contributed by atoms with Crippen LogP contribution in [-0.2, 0) is 9.59 Å². The molecule has 3 aromatic rings. The molecule has 8 nitrogen and oxygen atoms in total. The summed E-state index contributed by atoms with van der Waals surface area (Å²) in [7, 11) is 1.46. The zero-order chi connectivity index (χ0) is 22.9. The maximum atomic E-state index is 12.4. The number of hydrogen-bond acceptors (Lipinski definition) is 6. The molecule has 8 heteroatoms. The van der Waals surface area contributed by atoms with E-state index >= 15 is 0 Å². The molecule has 0 saturated heterocycles. The average molecular weight is 431 g/mol. The first-order valence-corrected chi connectivity index (χ1v) is 9.63. The average Bonchev–Trinajstić information content (AvgIpc) is 2.80. The van der Waals surface area contributed by atoms with Crippen LogP contribution in [0.15, 0.2) is 77.9 Å². The van der Waals surface area contributed by atoms with Crippen LogP contribution in [0, 0.1) is 6.92 Å². The zero-order valence-corrected chi connectivity index (χ0v) is 17.5. The normalized spacial score (nSPS) is 10.4. The van der Waals surface area contributed by atoms with Crippen molar-refractivity contribution in [2.75, 3.05) is 12.4 Å². The number of nitrogens with zero attached hydrogens (tertiary/aromatic N) is 1. The van der Waals surface area contributed by atoms with E-state index in [-0.39, 0.29) is 5.75 Å². The molecule has 0 atom stereocenters. The van der Waals surface area contributed by atoms with E-state index < -0.39 is 17.8 Å². The van der Waals surface area contributed by atoms with E-state index in [1.54, 1.807) is 66.7 Å². The van der Waals surface area contributed by atoms with Crippen molar-refractivity contribution in [2.45, 2.75) is 6.92 Å². The summed E-state index contributed by atoms with van der Waals surface area (Å²) in [6.45, 7) is 1.88. The fraction of sp³-hybridized carbons (Fsp3) is 0.0833. The number of hydrogen-bond donors (Lipinski definition) is 2. The molecule has 0 radical (unpaired) electrons. The van der Waals surface area contributed by atoms with Gasteiger partial charge >= 0.3 is 17.8 Å². The lowest BCUT2D eigenvalue weighted by Gasteiger charge is -2.09. The Bertz CT molecular complexity index is 1170. The second-order valence-electron chi connectivity index (χ2n) is 6.65. The lowest BCUT2D eigenvalue weighted by atomic mass is 10.1. The first-order chi connectivity index (χ1) is 15.5. The number of carbonyl (C=O) groups is 3. The zero-order valence-electron chi connectivity index (χ0n) is 17.5. The number of esters is 1. The lowest BCUT2D eigenvalue weighted by Crippen LogP contribution is -2.32. The van der Waals surface area contributed by atoms with Gasteiger partial charge in [-0.15, -0.1) is 0 Å². The quantitative estimate of drug-likeness (QED) is 0.205. The fourth-order valence-electron chi connectivity index (χ4n) is 2.75. The summed E-state index contributed by atoms with van der Waals surface area (Å²) < 4.78 is 10.6. The highest BCUT2D eigenvalue weighted by atomic mass is 16.5. The predicted molar refractivity (Wildman–Crippen MR) is 120 cm³/mol. The highest BCUT2D eigenvalue weighted by molar-refractivity contribution is 6.39. The molecule has 3 aromatic carbocycles. The number of aryl methyl sites for hydroxylation is 1. The molecule has 0 heterocycles. The Morgan fingerprint density at radius 2 is 1.59 bits per heavy atom. The molecule has 2 N–H and O–H groups in total. The highest BCUT2D eigenvalue weighted by Gasteiger charge is 2.15. The van der Waals surface area contributed by atoms with E-state index in [1.165, 1.54) is 13.3 Å². The van der Waals surface area contributed by atoms with E-state index in [1.807, 2.05) is 13.0 Å². The van der Waals surface area contributed by atoms with Crippen LogP contribution in [0.1, 0.15) is 21.5 Å². The summed E-state index contributed by atoms with van der Waals surface area (Å²) in [6, 6.07) is 20.4. The Labute approximate surface area is 184 Å². The number of carbonyl (C=O) groups excluding carboxylic acids is 3. The largest absolute Gasteiger partial charge is 0.495 e. The summed E-state index contributed by atoms with van der Waals surface area (Å²) in [5.74, 6) is -1.72. The topological polar surface area (TPSA) is 106 Å². The Kier molecular flexibility index (Phi) is 7.32. The highest BCUT2D eigenvalue weighted by Crippen LogP contribution is 2.22. The van der Waals surface area contributed by atoms with Gasteiger partial charge in [0.05, 0.1) is 24.6 Å². The molecule has 0 bridgehead atoms. The van der Waals surface area contributed by atoms with Gasteiger partial charge in [0.15, 0.2) is 0 Å². The summed E-state index contributed by atoms with van der Waals surface area (Å²) in [4.78, 5) is 36.6. The molecular weight excluding hydrogens is 410 g/mol. The Balaban J connectivity index is 1.63. The van der Waals surface area contributed by atoms with Gasteiger partial charge < -0.3 is 14.8 Å². The van der Waals surface area contributed by atoms with Crippen LogP contribution in [0.25, 0.3) is 0 Å². The fourth-order valence-corrected chi connectivity index (χ4v) is 2.75. The molecule has 3 rings (SSSR count). The minimum absolute atomic E-state index is 0.260. The number of hydrazone groups is 1. The number of ether oxygens (including phenoxy) is 2. The third kappa shape index (κ3) is 5.79. The van der Waals surface area contributed by atoms with Gasteiger partial charge in [-0.3, -0.25) is 9.59 Å². The molecule has 0 aliphatic rings. The number of nitrogens with one attached hydrogen (secondary N) is 2. The molecule has 0 spiro atoms. The second kappa shape index (κ2) is 10.5. The minimum Gasteiger partial charge on any atom is -0.495 e. The molecule has 0 saturated carbocycles. The predicted octanol–water partition coefficient (Wildman–Crippen LogP) is 3.31. The smallest absolute Gasteiger partial charge is 0.343 e. The Morgan fingerprint density at radius 1 is 0.875 bits per heavy atom. The maximum absolute atomic E-state index is 12.4. The Hall–Kier alpha value is -4.46. The summed E-state index contributed by atoms with van der Waals surface area (Å²) in [5, 5.41) is 6.24. The SMILES string of the molecule is COc1ccccc1NC(=O)C(=O)NN=Cc1ccccc1OC(=O)c1cccc(C)c1. The van der Waals surface area contributed by atoms with Crippen LogP contribution in [0.5, 0.6) is 11.5 Å². The monoisotopic (exact) mass is 431 g/mol. The molecule has 2 amide bonds. The number of amides is 2. The van der Waals surface area contributed by atoms with Gasteiger partial charge in [0.25, 0.3) is 0 Å². The van der Waals surface area contributed by atoms with Gasteiger partial charge in [0.2, 0.25) is 0 Å². The first-order valence-electron chi connectivity index (χ1n) is 9.63. The van der Waals surface area contributed by atoms with E-state index in [4.69, 9.17) is 9.47 Å². The van der Waals surface area contributed by atoms with Crippen molar-refractivity contribution in [3.05, 3.63) is 89.5 Å². The summed E-state index contributed by atoms with van der Waals surface area (Å²) in [5.41, 5.74) is 4.29. The van der Waals surface area contributed by atoms with E-state index in [2.05, 4.69) is 15.8 Å². The number of rotatable bonds is 6. The van der Waals surface area contributed by atoms with Crippen LogP contribution in [0.2, 0.25) is 0 Å². The number of anilines is 1. The summed E-state index contributed by atoms with van der Waals surface area (Å²) in [6.07, 6.45) is 1.28. The third-order valence-electron chi connectivity index (χ3n) is 4.31. The molecule has 32 heavy (non-hydrogen) atoms. The standard InChI is InChI=1S/C24H21N3O5/c1-16-8-7-10-17(14-16)24(30)32-20-12-5-3-9-18(20)15-25-27-23(29)22(28)26-19-11-4-6-13-21(19)31-2/h3-15H,1-2H3,(H,26,28)(H,27,29). The summed E-state index contributed by atoms with van der Waals surface area (Å²) >= 11 is 0. The van der Waals surface area contributed by atoms with Crippen LogP contribution in [0.3, 0.4) is 0 Å². The number of methoxy groups -OCH3 is 1. The van der Waals surface area contributed by atoms with Crippen molar-refractivity contribution < 1.29 is 23.9 Å². The number of para-hydroxylation sites is 3. The molecule has 162 valence electrons. The van der Waals surface area contributed by atoms with Crippen LogP contribution in [-0.4, -0.2) is 31.1 Å². The molecule has 0 unspecified atom stereocenters. The van der Waals surface area contributed by atoms with Gasteiger partial charge in [-0.2, -0.15) is 5.10 Å². The third-order valence-corrected chi connectivity index (χ3v) is 4.31. The van der Waals surface area contributed by atoms with Gasteiger partial charge in [0.1, 0.15) is 11.5 Å². The molecule has 0 aromatic heterocycles. The van der Waals surface area contributed by atoms with Crippen molar-refractivity contribution in [3.63, 3.8) is 0 Å². The van der Waals surface area contributed by atoms with Crippen LogP contribution < -0.4 is 20.2 Å².